The first kappa shape index (κ1) is 18.7. The maximum Gasteiger partial charge on any atom is 0.320 e. The number of hydrogen-bond donors (Lipinski definition) is 1. The molecule has 0 spiro atoms. The van der Waals surface area contributed by atoms with Crippen LogP contribution < -0.4 is 10.2 Å². The second-order valence-electron chi connectivity index (χ2n) is 8.78. The summed E-state index contributed by atoms with van der Waals surface area (Å²) in [7, 11) is 0. The van der Waals surface area contributed by atoms with Crippen molar-refractivity contribution in [3.63, 3.8) is 0 Å². The lowest BCUT2D eigenvalue weighted by Crippen LogP contribution is -2.63. The largest absolute Gasteiger partial charge is 0.372 e. The molecule has 0 saturated carbocycles. The van der Waals surface area contributed by atoms with Gasteiger partial charge in [0.1, 0.15) is 6.61 Å². The van der Waals surface area contributed by atoms with Gasteiger partial charge >= 0.3 is 6.03 Å². The molecule has 0 radical (unpaired) electrons. The van der Waals surface area contributed by atoms with Gasteiger partial charge in [-0.25, -0.2) is 4.79 Å². The molecule has 7 nitrogen and oxygen atoms in total. The van der Waals surface area contributed by atoms with Crippen molar-refractivity contribution in [2.45, 2.75) is 43.7 Å². The van der Waals surface area contributed by atoms with Crippen LogP contribution in [-0.4, -0.2) is 79.8 Å². The first-order valence-electron chi connectivity index (χ1n) is 11.0. The summed E-state index contributed by atoms with van der Waals surface area (Å²) in [5, 5.41) is 2.96. The van der Waals surface area contributed by atoms with Crippen molar-refractivity contribution >= 4 is 17.6 Å². The van der Waals surface area contributed by atoms with E-state index >= 15 is 0 Å². The Morgan fingerprint density at radius 2 is 1.72 bits per heavy atom. The fraction of sp³-hybridized carbons (Fsp3) is 0.636. The molecular formula is C22H30N4O3. The molecule has 5 rings (SSSR count). The second-order valence-corrected chi connectivity index (χ2v) is 8.78. The van der Waals surface area contributed by atoms with E-state index < -0.39 is 0 Å². The Labute approximate surface area is 172 Å². The van der Waals surface area contributed by atoms with Crippen LogP contribution in [0.25, 0.3) is 0 Å². The van der Waals surface area contributed by atoms with Gasteiger partial charge in [-0.1, -0.05) is 12.1 Å². The number of carbonyl (C=O) groups excluding carboxylic acids is 2. The Bertz CT molecular complexity index is 756. The van der Waals surface area contributed by atoms with Crippen LogP contribution in [0.3, 0.4) is 0 Å². The van der Waals surface area contributed by atoms with Gasteiger partial charge < -0.3 is 24.8 Å². The Morgan fingerprint density at radius 3 is 2.48 bits per heavy atom. The molecule has 7 heteroatoms. The van der Waals surface area contributed by atoms with Gasteiger partial charge in [-0.2, -0.15) is 0 Å². The standard InChI is InChI=1S/C22H30N4O3/c27-21-15-29-20-8-11-25(14-19(20)23-21)22(28)26-12-17(13-26)16-4-6-18(7-5-16)24-9-2-1-3-10-24/h4-7,17,19-20H,1-3,8-15H2,(H,23,27)/t19-,20?/m1/s1. The minimum absolute atomic E-state index is 0.0410. The summed E-state index contributed by atoms with van der Waals surface area (Å²) in [6.45, 7) is 5.25. The summed E-state index contributed by atoms with van der Waals surface area (Å²) < 4.78 is 5.58. The Morgan fingerprint density at radius 1 is 0.966 bits per heavy atom. The van der Waals surface area contributed by atoms with Crippen LogP contribution in [0.5, 0.6) is 0 Å². The average molecular weight is 399 g/mol. The molecule has 1 aromatic rings. The van der Waals surface area contributed by atoms with E-state index in [1.54, 1.807) is 0 Å². The summed E-state index contributed by atoms with van der Waals surface area (Å²) >= 11 is 0. The molecule has 4 fully saturated rings. The zero-order valence-corrected chi connectivity index (χ0v) is 16.9. The van der Waals surface area contributed by atoms with Crippen molar-refractivity contribution in [2.75, 3.05) is 50.8 Å². The number of fused-ring (bicyclic) bond motifs is 1. The number of nitrogens with zero attached hydrogens (tertiary/aromatic N) is 3. The molecule has 1 N–H and O–H groups in total. The molecule has 4 aliphatic rings. The van der Waals surface area contributed by atoms with Crippen molar-refractivity contribution in [3.05, 3.63) is 29.8 Å². The number of hydrogen-bond acceptors (Lipinski definition) is 4. The number of urea groups is 1. The van der Waals surface area contributed by atoms with Gasteiger partial charge in [0.15, 0.2) is 0 Å². The molecule has 2 atom stereocenters. The molecule has 4 saturated heterocycles. The van der Waals surface area contributed by atoms with Crippen LogP contribution in [0.2, 0.25) is 0 Å². The number of amides is 3. The van der Waals surface area contributed by atoms with E-state index in [-0.39, 0.29) is 30.7 Å². The van der Waals surface area contributed by atoms with E-state index in [0.717, 1.165) is 32.6 Å². The number of morpholine rings is 1. The summed E-state index contributed by atoms with van der Waals surface area (Å²) in [5.41, 5.74) is 2.64. The smallest absolute Gasteiger partial charge is 0.320 e. The molecule has 1 aromatic carbocycles. The average Bonchev–Trinajstić information content (AvgIpc) is 2.73. The highest BCUT2D eigenvalue weighted by Gasteiger charge is 2.40. The van der Waals surface area contributed by atoms with Crippen LogP contribution >= 0.6 is 0 Å². The molecular weight excluding hydrogens is 368 g/mol. The predicted octanol–water partition coefficient (Wildman–Crippen LogP) is 1.79. The van der Waals surface area contributed by atoms with E-state index in [1.165, 1.54) is 30.5 Å². The van der Waals surface area contributed by atoms with Crippen LogP contribution in [0.15, 0.2) is 24.3 Å². The van der Waals surface area contributed by atoms with Crippen molar-refractivity contribution in [1.29, 1.82) is 0 Å². The quantitative estimate of drug-likeness (QED) is 0.825. The normalized spacial score (nSPS) is 27.9. The molecule has 3 amide bonds. The van der Waals surface area contributed by atoms with Gasteiger partial charge in [-0.05, 0) is 43.4 Å². The second kappa shape index (κ2) is 7.86. The lowest BCUT2D eigenvalue weighted by molar-refractivity contribution is -0.139. The third-order valence-electron chi connectivity index (χ3n) is 6.83. The third-order valence-corrected chi connectivity index (χ3v) is 6.83. The molecule has 29 heavy (non-hydrogen) atoms. The zero-order chi connectivity index (χ0) is 19.8. The lowest BCUT2D eigenvalue weighted by Gasteiger charge is -2.46. The predicted molar refractivity (Wildman–Crippen MR) is 110 cm³/mol. The monoisotopic (exact) mass is 398 g/mol. The number of likely N-dealkylation sites (tertiary alicyclic amines) is 2. The number of nitrogens with one attached hydrogen (secondary N) is 1. The van der Waals surface area contributed by atoms with Crippen molar-refractivity contribution in [2.24, 2.45) is 0 Å². The van der Waals surface area contributed by atoms with Gasteiger partial charge in [0.25, 0.3) is 0 Å². The van der Waals surface area contributed by atoms with Gasteiger partial charge in [0.2, 0.25) is 5.91 Å². The van der Waals surface area contributed by atoms with Crippen LogP contribution in [0.1, 0.15) is 37.2 Å². The van der Waals surface area contributed by atoms with Crippen molar-refractivity contribution in [3.8, 4) is 0 Å². The Balaban J connectivity index is 1.13. The van der Waals surface area contributed by atoms with E-state index in [1.807, 2.05) is 9.80 Å². The number of anilines is 1. The first-order valence-corrected chi connectivity index (χ1v) is 11.0. The number of rotatable bonds is 2. The summed E-state index contributed by atoms with van der Waals surface area (Å²) in [6, 6.07) is 8.95. The maximum absolute atomic E-state index is 12.9. The fourth-order valence-corrected chi connectivity index (χ4v) is 5.03. The van der Waals surface area contributed by atoms with Crippen LogP contribution in [0.4, 0.5) is 10.5 Å². The molecule has 0 bridgehead atoms. The van der Waals surface area contributed by atoms with E-state index in [0.29, 0.717) is 19.0 Å². The molecule has 0 aromatic heterocycles. The van der Waals surface area contributed by atoms with E-state index in [2.05, 4.69) is 34.5 Å². The number of carbonyl (C=O) groups is 2. The molecule has 1 unspecified atom stereocenters. The lowest BCUT2D eigenvalue weighted by atomic mass is 9.91. The fourth-order valence-electron chi connectivity index (χ4n) is 5.03. The minimum atomic E-state index is -0.0856. The SMILES string of the molecule is O=C1COC2CCN(C(=O)N3CC(c4ccc(N5CCCCC5)cc4)C3)C[C@H]2N1. The van der Waals surface area contributed by atoms with E-state index in [9.17, 15) is 9.59 Å². The summed E-state index contributed by atoms with van der Waals surface area (Å²) in [5.74, 6) is 0.335. The zero-order valence-electron chi connectivity index (χ0n) is 16.9. The third kappa shape index (κ3) is 3.80. The maximum atomic E-state index is 12.9. The highest BCUT2D eigenvalue weighted by molar-refractivity contribution is 5.79. The van der Waals surface area contributed by atoms with Gasteiger partial charge in [0, 0.05) is 50.9 Å². The topological polar surface area (TPSA) is 65.1 Å². The van der Waals surface area contributed by atoms with Crippen molar-refractivity contribution in [1.82, 2.24) is 15.1 Å². The number of ether oxygens (including phenoxy) is 1. The Hall–Kier alpha value is -2.28. The summed E-state index contributed by atoms with van der Waals surface area (Å²) in [6.07, 6.45) is 4.74. The van der Waals surface area contributed by atoms with E-state index in [4.69, 9.17) is 4.74 Å². The van der Waals surface area contributed by atoms with Crippen LogP contribution in [0, 0.1) is 0 Å². The minimum Gasteiger partial charge on any atom is -0.372 e. The van der Waals surface area contributed by atoms with Gasteiger partial charge in [-0.15, -0.1) is 0 Å². The number of piperidine rings is 2. The molecule has 156 valence electrons. The first-order chi connectivity index (χ1) is 14.2. The molecule has 4 heterocycles. The highest BCUT2D eigenvalue weighted by Crippen LogP contribution is 2.31. The van der Waals surface area contributed by atoms with Gasteiger partial charge in [0.05, 0.1) is 12.1 Å². The molecule has 4 aliphatic heterocycles. The van der Waals surface area contributed by atoms with Crippen LogP contribution in [-0.2, 0) is 9.53 Å². The van der Waals surface area contributed by atoms with Crippen molar-refractivity contribution < 1.29 is 14.3 Å². The number of benzene rings is 1. The van der Waals surface area contributed by atoms with Gasteiger partial charge in [-0.3, -0.25) is 4.79 Å². The summed E-state index contributed by atoms with van der Waals surface area (Å²) in [4.78, 5) is 30.7. The highest BCUT2D eigenvalue weighted by atomic mass is 16.5. The molecule has 0 aliphatic carbocycles. The Kier molecular flexibility index (Phi) is 5.08.